The summed E-state index contributed by atoms with van der Waals surface area (Å²) in [5.41, 5.74) is 0.170. The quantitative estimate of drug-likeness (QED) is 0.427. The Kier molecular flexibility index (Phi) is 7.77. The summed E-state index contributed by atoms with van der Waals surface area (Å²) in [6.45, 7) is 19.5. The molecular weight excluding hydrogens is 328 g/mol. The highest BCUT2D eigenvalue weighted by molar-refractivity contribution is 5.44. The van der Waals surface area contributed by atoms with Gasteiger partial charge < -0.3 is 0 Å². The Morgan fingerprint density at radius 3 is 1.81 bits per heavy atom. The topological polar surface area (TPSA) is 24.7 Å². The SMILES string of the molecule is CC(C)C1CCCC(N=C=NC2CCCCC2)(C(C)C)C1(C(C)C)C(C)C. The molecule has 2 fully saturated rings. The Labute approximate surface area is 169 Å². The molecule has 0 bridgehead atoms. The zero-order valence-corrected chi connectivity index (χ0v) is 19.5. The highest BCUT2D eigenvalue weighted by Gasteiger charge is 2.62. The summed E-state index contributed by atoms with van der Waals surface area (Å²) in [6, 6.07) is 3.78. The van der Waals surface area contributed by atoms with E-state index in [0.29, 0.717) is 35.6 Å². The summed E-state index contributed by atoms with van der Waals surface area (Å²) in [4.78, 5) is 10.2. The molecular formula is C25H46N2. The van der Waals surface area contributed by atoms with E-state index in [1.807, 2.05) is 0 Å². The molecule has 0 heterocycles. The van der Waals surface area contributed by atoms with Crippen LogP contribution in [-0.4, -0.2) is 17.6 Å². The molecule has 2 rings (SSSR count). The molecule has 0 aromatic rings. The normalized spacial score (nSPS) is 29.4. The maximum Gasteiger partial charge on any atom is 0.0901 e. The van der Waals surface area contributed by atoms with Crippen LogP contribution >= 0.6 is 0 Å². The zero-order valence-electron chi connectivity index (χ0n) is 19.5. The first-order chi connectivity index (χ1) is 12.7. The van der Waals surface area contributed by atoms with Crippen LogP contribution in [0.3, 0.4) is 0 Å². The average Bonchev–Trinajstić information content (AvgIpc) is 2.61. The molecule has 2 aliphatic carbocycles. The Morgan fingerprint density at radius 1 is 0.741 bits per heavy atom. The summed E-state index contributed by atoms with van der Waals surface area (Å²) < 4.78 is 0. The second-order valence-corrected chi connectivity index (χ2v) is 10.7. The number of aliphatic imine (C=N–C) groups is 2. The molecule has 2 nitrogen and oxygen atoms in total. The van der Waals surface area contributed by atoms with Crippen molar-refractivity contribution < 1.29 is 0 Å². The van der Waals surface area contributed by atoms with Crippen LogP contribution in [-0.2, 0) is 0 Å². The molecule has 0 spiro atoms. The minimum absolute atomic E-state index is 0.0410. The Hall–Kier alpha value is -0.620. The van der Waals surface area contributed by atoms with Gasteiger partial charge in [0.25, 0.3) is 0 Å². The van der Waals surface area contributed by atoms with Crippen molar-refractivity contribution in [2.24, 2.45) is 45.0 Å². The van der Waals surface area contributed by atoms with Gasteiger partial charge in [0, 0.05) is 5.41 Å². The second-order valence-electron chi connectivity index (χ2n) is 10.7. The third-order valence-corrected chi connectivity index (χ3v) is 8.17. The van der Waals surface area contributed by atoms with Gasteiger partial charge in [0.05, 0.1) is 17.6 Å². The fraction of sp³-hybridized carbons (Fsp3) is 0.960. The molecule has 0 saturated heterocycles. The molecule has 0 N–H and O–H groups in total. The van der Waals surface area contributed by atoms with Crippen LogP contribution in [0.2, 0.25) is 0 Å². The van der Waals surface area contributed by atoms with Crippen molar-refractivity contribution in [2.75, 3.05) is 0 Å². The van der Waals surface area contributed by atoms with Crippen molar-refractivity contribution >= 4 is 6.01 Å². The smallest absolute Gasteiger partial charge is 0.0901 e. The molecule has 2 heteroatoms. The van der Waals surface area contributed by atoms with Crippen LogP contribution in [0.15, 0.2) is 9.98 Å². The molecule has 0 radical (unpaired) electrons. The van der Waals surface area contributed by atoms with Crippen LogP contribution in [0.1, 0.15) is 107 Å². The molecule has 156 valence electrons. The van der Waals surface area contributed by atoms with E-state index in [1.54, 1.807) is 0 Å². The minimum atomic E-state index is -0.0410. The highest BCUT2D eigenvalue weighted by atomic mass is 15.0. The summed E-state index contributed by atoms with van der Waals surface area (Å²) in [7, 11) is 0. The third-order valence-electron chi connectivity index (χ3n) is 8.17. The van der Waals surface area contributed by atoms with Crippen LogP contribution in [0.5, 0.6) is 0 Å². The van der Waals surface area contributed by atoms with Crippen molar-refractivity contribution in [3.05, 3.63) is 0 Å². The fourth-order valence-electron chi connectivity index (χ4n) is 7.26. The summed E-state index contributed by atoms with van der Waals surface area (Å²) in [5, 5.41) is 0. The van der Waals surface area contributed by atoms with E-state index < -0.39 is 0 Å². The molecule has 2 saturated carbocycles. The van der Waals surface area contributed by atoms with Crippen molar-refractivity contribution in [2.45, 2.75) is 118 Å². The number of nitrogens with zero attached hydrogens (tertiary/aromatic N) is 2. The van der Waals surface area contributed by atoms with Gasteiger partial charge in [-0.15, -0.1) is 0 Å². The van der Waals surface area contributed by atoms with Crippen molar-refractivity contribution in [3.63, 3.8) is 0 Å². The Morgan fingerprint density at radius 2 is 1.33 bits per heavy atom. The molecule has 27 heavy (non-hydrogen) atoms. The molecule has 0 aliphatic heterocycles. The average molecular weight is 375 g/mol. The first-order valence-electron chi connectivity index (χ1n) is 11.9. The molecule has 2 unspecified atom stereocenters. The van der Waals surface area contributed by atoms with Gasteiger partial charge in [-0.05, 0) is 55.3 Å². The summed E-state index contributed by atoms with van der Waals surface area (Å²) in [6.07, 6.45) is 10.3. The zero-order chi connectivity index (χ0) is 20.2. The van der Waals surface area contributed by atoms with Crippen molar-refractivity contribution in [1.82, 2.24) is 0 Å². The molecule has 2 atom stereocenters. The second kappa shape index (κ2) is 9.25. The number of hydrogen-bond donors (Lipinski definition) is 0. The molecule has 2 aliphatic rings. The fourth-order valence-corrected chi connectivity index (χ4v) is 7.26. The van der Waals surface area contributed by atoms with E-state index in [2.05, 4.69) is 61.4 Å². The predicted octanol–water partition coefficient (Wildman–Crippen LogP) is 7.64. The number of hydrogen-bond acceptors (Lipinski definition) is 2. The summed E-state index contributed by atoms with van der Waals surface area (Å²) in [5.74, 6) is 3.13. The van der Waals surface area contributed by atoms with Crippen LogP contribution in [0, 0.1) is 35.0 Å². The first-order valence-corrected chi connectivity index (χ1v) is 11.9. The van der Waals surface area contributed by atoms with E-state index in [9.17, 15) is 0 Å². The lowest BCUT2D eigenvalue weighted by Crippen LogP contribution is -2.63. The minimum Gasteiger partial charge on any atom is -0.222 e. The lowest BCUT2D eigenvalue weighted by molar-refractivity contribution is -0.116. The van der Waals surface area contributed by atoms with Crippen molar-refractivity contribution in [1.29, 1.82) is 0 Å². The Balaban J connectivity index is 2.56. The van der Waals surface area contributed by atoms with Gasteiger partial charge in [-0.2, -0.15) is 0 Å². The van der Waals surface area contributed by atoms with E-state index in [0.717, 1.165) is 0 Å². The van der Waals surface area contributed by atoms with Gasteiger partial charge in [0.15, 0.2) is 0 Å². The monoisotopic (exact) mass is 374 g/mol. The van der Waals surface area contributed by atoms with Crippen LogP contribution < -0.4 is 0 Å². The van der Waals surface area contributed by atoms with Gasteiger partial charge in [-0.25, -0.2) is 9.98 Å². The van der Waals surface area contributed by atoms with Gasteiger partial charge >= 0.3 is 0 Å². The third kappa shape index (κ3) is 4.07. The predicted molar refractivity (Wildman–Crippen MR) is 119 cm³/mol. The molecule has 0 aromatic carbocycles. The van der Waals surface area contributed by atoms with Gasteiger partial charge in [-0.1, -0.05) is 81.1 Å². The van der Waals surface area contributed by atoms with Crippen LogP contribution in [0.25, 0.3) is 0 Å². The lowest BCUT2D eigenvalue weighted by Gasteiger charge is -2.63. The lowest BCUT2D eigenvalue weighted by atomic mass is 9.43. The van der Waals surface area contributed by atoms with Gasteiger partial charge in [0.1, 0.15) is 0 Å². The maximum atomic E-state index is 5.32. The molecule has 0 amide bonds. The van der Waals surface area contributed by atoms with E-state index >= 15 is 0 Å². The maximum absolute atomic E-state index is 5.32. The van der Waals surface area contributed by atoms with Gasteiger partial charge in [-0.3, -0.25) is 0 Å². The van der Waals surface area contributed by atoms with Crippen molar-refractivity contribution in [3.8, 4) is 0 Å². The van der Waals surface area contributed by atoms with E-state index in [1.165, 1.54) is 51.4 Å². The largest absolute Gasteiger partial charge is 0.222 e. The summed E-state index contributed by atoms with van der Waals surface area (Å²) >= 11 is 0. The van der Waals surface area contributed by atoms with Crippen LogP contribution in [0.4, 0.5) is 0 Å². The Bertz CT molecular complexity index is 510. The van der Waals surface area contributed by atoms with E-state index in [4.69, 9.17) is 9.98 Å². The highest BCUT2D eigenvalue weighted by Crippen LogP contribution is 2.63. The van der Waals surface area contributed by atoms with E-state index in [-0.39, 0.29) is 11.0 Å². The standard InChI is InChI=1S/C25H46N2/c1-18(2)23-15-12-16-24(19(3)4,25(23,20(5)6)21(7)8)27-17-26-22-13-10-9-11-14-22/h18-23H,9-16H2,1-8H3. The number of rotatable bonds is 6. The van der Waals surface area contributed by atoms with Gasteiger partial charge in [0.2, 0.25) is 0 Å². The first kappa shape index (κ1) is 22.7. The molecule has 0 aromatic heterocycles.